The molecule has 0 aliphatic rings. The third-order valence-corrected chi connectivity index (χ3v) is 2.03. The molecule has 0 aliphatic carbocycles. The van der Waals surface area contributed by atoms with Crippen LogP contribution in [0.5, 0.6) is 0 Å². The molecule has 14 heavy (non-hydrogen) atoms. The summed E-state index contributed by atoms with van der Waals surface area (Å²) in [6.45, 7) is 0. The molecule has 3 heteroatoms. The number of aliphatic hydroxyl groups is 1. The molecule has 0 fully saturated rings. The Morgan fingerprint density at radius 1 is 1.43 bits per heavy atom. The molecule has 0 aromatic carbocycles. The number of methoxy groups -OCH3 is 1. The van der Waals surface area contributed by atoms with Gasteiger partial charge in [-0.05, 0) is 19.3 Å². The van der Waals surface area contributed by atoms with Gasteiger partial charge in [-0.1, -0.05) is 18.8 Å². The van der Waals surface area contributed by atoms with Crippen LogP contribution in [0.2, 0.25) is 0 Å². The van der Waals surface area contributed by atoms with Gasteiger partial charge in [0.05, 0.1) is 7.11 Å². The number of terminal acetylenes is 1. The fourth-order valence-corrected chi connectivity index (χ4v) is 1.15. The number of esters is 1. The molecule has 0 aliphatic heterocycles. The molecule has 3 nitrogen and oxygen atoms in total. The maximum Gasteiger partial charge on any atom is 0.305 e. The molecule has 0 amide bonds. The maximum absolute atomic E-state index is 10.7. The zero-order chi connectivity index (χ0) is 10.8. The molecule has 0 aromatic rings. The van der Waals surface area contributed by atoms with Crippen LogP contribution in [-0.2, 0) is 9.53 Å². The number of hydrogen-bond acceptors (Lipinski definition) is 3. The minimum Gasteiger partial charge on any atom is -0.469 e. The molecule has 0 radical (unpaired) electrons. The van der Waals surface area contributed by atoms with Gasteiger partial charge in [0.2, 0.25) is 0 Å². The smallest absolute Gasteiger partial charge is 0.305 e. The van der Waals surface area contributed by atoms with Gasteiger partial charge in [0.1, 0.15) is 6.10 Å². The molecule has 0 aromatic heterocycles. The monoisotopic (exact) mass is 198 g/mol. The fraction of sp³-hybridized carbons (Fsp3) is 0.727. The quantitative estimate of drug-likeness (QED) is 0.383. The normalized spacial score (nSPS) is 11.8. The van der Waals surface area contributed by atoms with Gasteiger partial charge in [-0.2, -0.15) is 0 Å². The molecule has 0 bridgehead atoms. The highest BCUT2D eigenvalue weighted by Crippen LogP contribution is 2.07. The fourth-order valence-electron chi connectivity index (χ4n) is 1.15. The Kier molecular flexibility index (Phi) is 7.96. The van der Waals surface area contributed by atoms with Crippen LogP contribution in [0.1, 0.15) is 38.5 Å². The first-order valence-corrected chi connectivity index (χ1v) is 4.91. The summed E-state index contributed by atoms with van der Waals surface area (Å²) in [5, 5.41) is 9.03. The van der Waals surface area contributed by atoms with E-state index in [-0.39, 0.29) is 5.97 Å². The van der Waals surface area contributed by atoms with Crippen molar-refractivity contribution < 1.29 is 14.6 Å². The van der Waals surface area contributed by atoms with E-state index in [2.05, 4.69) is 10.7 Å². The Balaban J connectivity index is 3.15. The highest BCUT2D eigenvalue weighted by atomic mass is 16.5. The first-order chi connectivity index (χ1) is 6.70. The van der Waals surface area contributed by atoms with Crippen molar-refractivity contribution in [2.75, 3.05) is 7.11 Å². The summed E-state index contributed by atoms with van der Waals surface area (Å²) >= 11 is 0. The van der Waals surface area contributed by atoms with Crippen molar-refractivity contribution in [3.05, 3.63) is 0 Å². The lowest BCUT2D eigenvalue weighted by molar-refractivity contribution is -0.140. The lowest BCUT2D eigenvalue weighted by atomic mass is 10.1. The van der Waals surface area contributed by atoms with Crippen LogP contribution in [-0.4, -0.2) is 24.3 Å². The van der Waals surface area contributed by atoms with Gasteiger partial charge in [-0.15, -0.1) is 6.42 Å². The van der Waals surface area contributed by atoms with Crippen molar-refractivity contribution >= 4 is 5.97 Å². The van der Waals surface area contributed by atoms with Crippen LogP contribution in [0.15, 0.2) is 0 Å². The van der Waals surface area contributed by atoms with Crippen molar-refractivity contribution in [2.24, 2.45) is 0 Å². The largest absolute Gasteiger partial charge is 0.469 e. The molecule has 1 atom stereocenters. The van der Waals surface area contributed by atoms with Crippen molar-refractivity contribution in [2.45, 2.75) is 44.6 Å². The predicted octanol–water partition coefficient (Wildman–Crippen LogP) is 1.49. The first-order valence-electron chi connectivity index (χ1n) is 4.91. The van der Waals surface area contributed by atoms with Crippen LogP contribution in [0.4, 0.5) is 0 Å². The molecule has 0 heterocycles. The second kappa shape index (κ2) is 8.58. The van der Waals surface area contributed by atoms with E-state index in [1.807, 2.05) is 0 Å². The topological polar surface area (TPSA) is 46.5 Å². The molecule has 1 N–H and O–H groups in total. The van der Waals surface area contributed by atoms with Crippen molar-refractivity contribution in [3.63, 3.8) is 0 Å². The zero-order valence-corrected chi connectivity index (χ0v) is 8.66. The minimum absolute atomic E-state index is 0.159. The van der Waals surface area contributed by atoms with Crippen LogP contribution in [0.25, 0.3) is 0 Å². The number of carbonyl (C=O) groups is 1. The van der Waals surface area contributed by atoms with Crippen LogP contribution in [0.3, 0.4) is 0 Å². The number of hydrogen-bond donors (Lipinski definition) is 1. The van der Waals surface area contributed by atoms with Crippen LogP contribution >= 0.6 is 0 Å². The third kappa shape index (κ3) is 7.63. The predicted molar refractivity (Wildman–Crippen MR) is 54.6 cm³/mol. The highest BCUT2D eigenvalue weighted by molar-refractivity contribution is 5.68. The van der Waals surface area contributed by atoms with Gasteiger partial charge < -0.3 is 9.84 Å². The number of rotatable bonds is 7. The van der Waals surface area contributed by atoms with Crippen molar-refractivity contribution in [1.82, 2.24) is 0 Å². The van der Waals surface area contributed by atoms with E-state index in [1.165, 1.54) is 7.11 Å². The van der Waals surface area contributed by atoms with E-state index in [0.29, 0.717) is 12.8 Å². The summed E-state index contributed by atoms with van der Waals surface area (Å²) in [7, 11) is 1.39. The Labute approximate surface area is 85.5 Å². The second-order valence-corrected chi connectivity index (χ2v) is 3.21. The van der Waals surface area contributed by atoms with Gasteiger partial charge >= 0.3 is 5.97 Å². The van der Waals surface area contributed by atoms with E-state index < -0.39 is 6.10 Å². The number of ether oxygens (including phenoxy) is 1. The second-order valence-electron chi connectivity index (χ2n) is 3.21. The van der Waals surface area contributed by atoms with E-state index in [0.717, 1.165) is 25.7 Å². The average molecular weight is 198 g/mol. The SMILES string of the molecule is C#C[C@@H](O)CCCCCCC(=O)OC. The molecular weight excluding hydrogens is 180 g/mol. The van der Waals surface area contributed by atoms with E-state index in [4.69, 9.17) is 11.5 Å². The van der Waals surface area contributed by atoms with Crippen molar-refractivity contribution in [1.29, 1.82) is 0 Å². The standard InChI is InChI=1S/C11H18O3/c1-3-10(12)8-6-4-5-7-9-11(13)14-2/h1,10,12H,4-9H2,2H3/t10-/m1/s1. The Hall–Kier alpha value is -1.01. The molecule has 0 saturated heterocycles. The minimum atomic E-state index is -0.615. The van der Waals surface area contributed by atoms with Crippen molar-refractivity contribution in [3.8, 4) is 12.3 Å². The summed E-state index contributed by atoms with van der Waals surface area (Å²) < 4.78 is 4.51. The van der Waals surface area contributed by atoms with Gasteiger partial charge in [-0.3, -0.25) is 4.79 Å². The number of aliphatic hydroxyl groups excluding tert-OH is 1. The zero-order valence-electron chi connectivity index (χ0n) is 8.66. The average Bonchev–Trinajstić information content (AvgIpc) is 2.22. The lowest BCUT2D eigenvalue weighted by Gasteiger charge is -2.02. The van der Waals surface area contributed by atoms with Gasteiger partial charge in [-0.25, -0.2) is 0 Å². The first kappa shape index (κ1) is 13.0. The van der Waals surface area contributed by atoms with Crippen LogP contribution < -0.4 is 0 Å². The Morgan fingerprint density at radius 2 is 2.07 bits per heavy atom. The number of unbranched alkanes of at least 4 members (excludes halogenated alkanes) is 3. The van der Waals surface area contributed by atoms with Gasteiger partial charge in [0, 0.05) is 6.42 Å². The molecule has 0 rings (SSSR count). The summed E-state index contributed by atoms with van der Waals surface area (Å²) in [6, 6.07) is 0. The molecule has 0 saturated carbocycles. The molecule has 0 spiro atoms. The highest BCUT2D eigenvalue weighted by Gasteiger charge is 2.00. The summed E-state index contributed by atoms with van der Waals surface area (Å²) in [4.78, 5) is 10.7. The third-order valence-electron chi connectivity index (χ3n) is 2.03. The number of carbonyl (C=O) groups excluding carboxylic acids is 1. The maximum atomic E-state index is 10.7. The summed E-state index contributed by atoms with van der Waals surface area (Å²) in [5.41, 5.74) is 0. The van der Waals surface area contributed by atoms with E-state index in [1.54, 1.807) is 0 Å². The van der Waals surface area contributed by atoms with Crippen LogP contribution in [0, 0.1) is 12.3 Å². The lowest BCUT2D eigenvalue weighted by Crippen LogP contribution is -2.02. The Bertz CT molecular complexity index is 193. The Morgan fingerprint density at radius 3 is 2.64 bits per heavy atom. The molecule has 80 valence electrons. The summed E-state index contributed by atoms with van der Waals surface area (Å²) in [5.74, 6) is 2.11. The summed E-state index contributed by atoms with van der Waals surface area (Å²) in [6.07, 6.45) is 9.25. The van der Waals surface area contributed by atoms with E-state index >= 15 is 0 Å². The van der Waals surface area contributed by atoms with Gasteiger partial charge in [0.15, 0.2) is 0 Å². The molecular formula is C11H18O3. The molecule has 0 unspecified atom stereocenters. The van der Waals surface area contributed by atoms with Gasteiger partial charge in [0.25, 0.3) is 0 Å². The van der Waals surface area contributed by atoms with E-state index in [9.17, 15) is 4.79 Å².